The summed E-state index contributed by atoms with van der Waals surface area (Å²) in [5.41, 5.74) is 14.2. The van der Waals surface area contributed by atoms with Gasteiger partial charge in [0, 0.05) is 0 Å². The lowest BCUT2D eigenvalue weighted by Gasteiger charge is -1.93. The molecule has 0 aromatic carbocycles. The van der Waals surface area contributed by atoms with E-state index in [9.17, 15) is 0 Å². The van der Waals surface area contributed by atoms with Gasteiger partial charge in [-0.05, 0) is 31.4 Å². The number of nitrogens with two attached hydrogens (primary N) is 3. The Morgan fingerprint density at radius 1 is 1.30 bits per heavy atom. The minimum atomic E-state index is 0.000000000000000222. The molecule has 0 rings (SSSR count). The number of hydrogen-bond acceptors (Lipinski definition) is 3. The molecule has 0 atom stereocenters. The Balaban J connectivity index is 0. The highest BCUT2D eigenvalue weighted by Gasteiger charge is 1.76. The zero-order chi connectivity index (χ0) is 8.57. The Morgan fingerprint density at radius 2 is 1.60 bits per heavy atom. The van der Waals surface area contributed by atoms with Gasteiger partial charge in [0.1, 0.15) is 0 Å². The molecule has 4 nitrogen and oxygen atoms in total. The average molecular weight is 181 g/mol. The van der Waals surface area contributed by atoms with Gasteiger partial charge in [-0.2, -0.15) is 0 Å². The summed E-state index contributed by atoms with van der Waals surface area (Å²) >= 11 is 8.44. The third-order valence-corrected chi connectivity index (χ3v) is 0.404. The predicted molar refractivity (Wildman–Crippen MR) is 49.4 cm³/mol. The Morgan fingerprint density at radius 3 is 1.60 bits per heavy atom. The second-order valence-corrected chi connectivity index (χ2v) is 2.03. The van der Waals surface area contributed by atoms with Crippen molar-refractivity contribution >= 4 is 34.7 Å². The summed E-state index contributed by atoms with van der Waals surface area (Å²) in [6.07, 6.45) is 0. The van der Waals surface area contributed by atoms with E-state index in [2.05, 4.69) is 40.6 Å². The number of ether oxygens (including phenoxy) is 1. The van der Waals surface area contributed by atoms with E-state index >= 15 is 0 Å². The van der Waals surface area contributed by atoms with Crippen LogP contribution in [0.5, 0.6) is 0 Å². The maximum absolute atomic E-state index is 4.91. The summed E-state index contributed by atoms with van der Waals surface area (Å²) in [4.78, 5) is 0. The summed E-state index contributed by atoms with van der Waals surface area (Å²) in [6, 6.07) is 0. The fourth-order valence-electron chi connectivity index (χ4n) is 0.142. The summed E-state index contributed by atoms with van der Waals surface area (Å²) < 4.78 is 4.55. The van der Waals surface area contributed by atoms with E-state index in [1.807, 2.05) is 6.92 Å². The van der Waals surface area contributed by atoms with Crippen molar-refractivity contribution in [2.24, 2.45) is 17.2 Å². The fraction of sp³-hybridized carbons (Fsp3) is 0.500. The molecule has 0 bridgehead atoms. The highest BCUT2D eigenvalue weighted by molar-refractivity contribution is 7.80. The smallest absolute Gasteiger partial charge is 0.253 e. The zero-order valence-electron chi connectivity index (χ0n) is 5.66. The van der Waals surface area contributed by atoms with Gasteiger partial charge in [0.25, 0.3) is 5.17 Å². The molecule has 0 heterocycles. The monoisotopic (exact) mass is 181 g/mol. The first-order valence-corrected chi connectivity index (χ1v) is 3.29. The van der Waals surface area contributed by atoms with Crippen molar-refractivity contribution in [3.8, 4) is 0 Å². The van der Waals surface area contributed by atoms with Crippen LogP contribution in [0.25, 0.3) is 0 Å². The van der Waals surface area contributed by atoms with Gasteiger partial charge in [0.15, 0.2) is 5.11 Å². The molecule has 6 heteroatoms. The molecule has 0 aliphatic heterocycles. The van der Waals surface area contributed by atoms with Crippen LogP contribution in [-0.4, -0.2) is 16.9 Å². The summed E-state index contributed by atoms with van der Waals surface area (Å²) in [7, 11) is 0. The molecule has 0 saturated carbocycles. The van der Waals surface area contributed by atoms with Crippen molar-refractivity contribution in [3.05, 3.63) is 0 Å². The molecule has 0 fully saturated rings. The van der Waals surface area contributed by atoms with Gasteiger partial charge >= 0.3 is 0 Å². The second kappa shape index (κ2) is 8.38. The fourth-order valence-corrected chi connectivity index (χ4v) is 0.260. The first-order valence-electron chi connectivity index (χ1n) is 2.47. The maximum atomic E-state index is 4.91. The topological polar surface area (TPSA) is 87.3 Å². The molecule has 0 radical (unpaired) electrons. The van der Waals surface area contributed by atoms with Crippen LogP contribution in [0, 0.1) is 0 Å². The lowest BCUT2D eigenvalue weighted by Crippen LogP contribution is -2.18. The zero-order valence-corrected chi connectivity index (χ0v) is 7.30. The van der Waals surface area contributed by atoms with Crippen LogP contribution in [0.3, 0.4) is 0 Å². The van der Waals surface area contributed by atoms with E-state index < -0.39 is 0 Å². The normalized spacial score (nSPS) is 6.90. The molecule has 0 aromatic rings. The lowest BCUT2D eigenvalue weighted by atomic mass is 10.9. The van der Waals surface area contributed by atoms with Crippen LogP contribution >= 0.6 is 24.4 Å². The SMILES string of the molecule is CCOC(N)=S.NC(N)=S. The second-order valence-electron chi connectivity index (χ2n) is 1.15. The van der Waals surface area contributed by atoms with Crippen molar-refractivity contribution < 1.29 is 4.74 Å². The highest BCUT2D eigenvalue weighted by Crippen LogP contribution is 1.67. The minimum Gasteiger partial charge on any atom is -0.472 e. The lowest BCUT2D eigenvalue weighted by molar-refractivity contribution is 0.331. The van der Waals surface area contributed by atoms with E-state index in [4.69, 9.17) is 5.73 Å². The van der Waals surface area contributed by atoms with Crippen molar-refractivity contribution in [2.75, 3.05) is 6.61 Å². The molecule has 0 amide bonds. The molecule has 6 N–H and O–H groups in total. The van der Waals surface area contributed by atoms with E-state index in [1.165, 1.54) is 0 Å². The Hall–Kier alpha value is -0.620. The summed E-state index contributed by atoms with van der Waals surface area (Å²) in [6.45, 7) is 2.40. The van der Waals surface area contributed by atoms with Gasteiger partial charge in [0.2, 0.25) is 0 Å². The Labute approximate surface area is 70.7 Å². The van der Waals surface area contributed by atoms with Crippen LogP contribution in [0.15, 0.2) is 0 Å². The van der Waals surface area contributed by atoms with E-state index in [0.717, 1.165) is 0 Å². The molecule has 0 unspecified atom stereocenters. The van der Waals surface area contributed by atoms with Gasteiger partial charge in [-0.1, -0.05) is 0 Å². The minimum absolute atomic E-state index is 0.000000000000000222. The largest absolute Gasteiger partial charge is 0.472 e. The highest BCUT2D eigenvalue weighted by atomic mass is 32.1. The molecule has 0 aromatic heterocycles. The third kappa shape index (κ3) is 53.0. The van der Waals surface area contributed by atoms with Crippen LogP contribution in [0.2, 0.25) is 0 Å². The summed E-state index contributed by atoms with van der Waals surface area (Å²) in [5.74, 6) is 0. The van der Waals surface area contributed by atoms with Crippen molar-refractivity contribution in [1.82, 2.24) is 0 Å². The number of hydrogen-bond donors (Lipinski definition) is 3. The third-order valence-electron chi connectivity index (χ3n) is 0.287. The molecule has 60 valence electrons. The molecule has 0 saturated heterocycles. The molecular formula is C4H11N3OS2. The van der Waals surface area contributed by atoms with Gasteiger partial charge in [-0.25, -0.2) is 0 Å². The van der Waals surface area contributed by atoms with Crippen molar-refractivity contribution in [2.45, 2.75) is 6.92 Å². The standard InChI is InChI=1S/C3H7NOS.CH4N2S/c1-2-5-3(4)6;2-1(3)4/h2H2,1H3,(H2,4,6);(H4,2,3,4). The number of thiocarbonyl (C=S) groups is 2. The molecule has 0 aliphatic rings. The predicted octanol–water partition coefficient (Wildman–Crippen LogP) is -0.545. The van der Waals surface area contributed by atoms with Gasteiger partial charge in [0.05, 0.1) is 6.61 Å². The number of rotatable bonds is 1. The van der Waals surface area contributed by atoms with Crippen molar-refractivity contribution in [1.29, 1.82) is 0 Å². The van der Waals surface area contributed by atoms with Gasteiger partial charge < -0.3 is 21.9 Å². The van der Waals surface area contributed by atoms with E-state index in [1.54, 1.807) is 0 Å². The van der Waals surface area contributed by atoms with Crippen LogP contribution in [0.4, 0.5) is 0 Å². The van der Waals surface area contributed by atoms with E-state index in [-0.39, 0.29) is 10.3 Å². The van der Waals surface area contributed by atoms with Crippen LogP contribution in [0.1, 0.15) is 6.92 Å². The van der Waals surface area contributed by atoms with E-state index in [0.29, 0.717) is 6.61 Å². The molecule has 0 aliphatic carbocycles. The first-order chi connectivity index (χ1) is 4.50. The first kappa shape index (κ1) is 12.1. The maximum Gasteiger partial charge on any atom is 0.253 e. The molecule has 10 heavy (non-hydrogen) atoms. The quantitative estimate of drug-likeness (QED) is 0.471. The van der Waals surface area contributed by atoms with Crippen molar-refractivity contribution in [3.63, 3.8) is 0 Å². The van der Waals surface area contributed by atoms with Crippen LogP contribution in [-0.2, 0) is 4.74 Å². The molecule has 0 spiro atoms. The Kier molecular flexibility index (Phi) is 10.1. The molecular weight excluding hydrogens is 170 g/mol. The van der Waals surface area contributed by atoms with Crippen LogP contribution < -0.4 is 17.2 Å². The summed E-state index contributed by atoms with van der Waals surface area (Å²) in [5, 5.41) is 0.123. The van der Waals surface area contributed by atoms with Gasteiger partial charge in [-0.3, -0.25) is 0 Å². The Bertz CT molecular complexity index is 113. The van der Waals surface area contributed by atoms with Gasteiger partial charge in [-0.15, -0.1) is 0 Å². The average Bonchev–Trinajstić information content (AvgIpc) is 1.62.